The molecule has 3 nitrogen and oxygen atoms in total. The predicted octanol–water partition coefficient (Wildman–Crippen LogP) is 1.01. The van der Waals surface area contributed by atoms with E-state index in [2.05, 4.69) is 0 Å². The van der Waals surface area contributed by atoms with Crippen molar-refractivity contribution in [2.24, 2.45) is 17.6 Å². The standard InChI is InChI=1S/C8H13NO2.ClH/c9-8(7(10)11)4-5-2-1-3-6(5)8;/h5-6H,1-4,9H2,(H,10,11);1H. The molecule has 2 saturated carbocycles. The summed E-state index contributed by atoms with van der Waals surface area (Å²) in [7, 11) is 0. The number of hydrogen-bond donors (Lipinski definition) is 2. The first-order valence-electron chi connectivity index (χ1n) is 4.17. The van der Waals surface area contributed by atoms with E-state index in [9.17, 15) is 4.79 Å². The van der Waals surface area contributed by atoms with Gasteiger partial charge in [0.25, 0.3) is 0 Å². The van der Waals surface area contributed by atoms with Crippen molar-refractivity contribution in [3.05, 3.63) is 0 Å². The SMILES string of the molecule is Cl.NC1(C(=O)O)CC2CCCC21. The van der Waals surface area contributed by atoms with Crippen LogP contribution in [0.4, 0.5) is 0 Å². The molecule has 0 bridgehead atoms. The Bertz CT molecular complexity index is 209. The third kappa shape index (κ3) is 1.04. The molecule has 0 aromatic rings. The molecule has 0 aromatic carbocycles. The van der Waals surface area contributed by atoms with Gasteiger partial charge in [-0.1, -0.05) is 12.8 Å². The molecule has 3 atom stereocenters. The van der Waals surface area contributed by atoms with Crippen LogP contribution in [-0.2, 0) is 4.79 Å². The number of rotatable bonds is 1. The molecule has 0 spiro atoms. The Balaban J connectivity index is 0.000000720. The van der Waals surface area contributed by atoms with Crippen molar-refractivity contribution in [2.45, 2.75) is 31.2 Å². The molecular formula is C8H14ClNO2. The average molecular weight is 192 g/mol. The molecule has 3 unspecified atom stereocenters. The summed E-state index contributed by atoms with van der Waals surface area (Å²) in [6.07, 6.45) is 4.08. The Hall–Kier alpha value is -0.280. The maximum atomic E-state index is 10.7. The van der Waals surface area contributed by atoms with E-state index in [0.29, 0.717) is 12.3 Å². The molecule has 2 aliphatic rings. The van der Waals surface area contributed by atoms with E-state index in [0.717, 1.165) is 6.42 Å². The van der Waals surface area contributed by atoms with E-state index < -0.39 is 11.5 Å². The van der Waals surface area contributed by atoms with Crippen LogP contribution in [0.1, 0.15) is 25.7 Å². The Morgan fingerprint density at radius 1 is 1.50 bits per heavy atom. The summed E-state index contributed by atoms with van der Waals surface area (Å²) in [4.78, 5) is 10.7. The summed E-state index contributed by atoms with van der Waals surface area (Å²) < 4.78 is 0. The topological polar surface area (TPSA) is 63.3 Å². The highest BCUT2D eigenvalue weighted by Gasteiger charge is 2.57. The molecule has 2 aliphatic carbocycles. The van der Waals surface area contributed by atoms with Gasteiger partial charge < -0.3 is 10.8 Å². The third-order valence-corrected chi connectivity index (χ3v) is 3.32. The lowest BCUT2D eigenvalue weighted by molar-refractivity contribution is -0.153. The van der Waals surface area contributed by atoms with Crippen LogP contribution in [0.3, 0.4) is 0 Å². The van der Waals surface area contributed by atoms with Gasteiger partial charge in [-0.15, -0.1) is 12.4 Å². The molecule has 0 radical (unpaired) electrons. The molecule has 2 rings (SSSR count). The van der Waals surface area contributed by atoms with Crippen molar-refractivity contribution in [2.75, 3.05) is 0 Å². The Kier molecular flexibility index (Phi) is 2.36. The van der Waals surface area contributed by atoms with Gasteiger partial charge in [0.1, 0.15) is 5.54 Å². The molecular weight excluding hydrogens is 178 g/mol. The van der Waals surface area contributed by atoms with Crippen LogP contribution >= 0.6 is 12.4 Å². The number of carbonyl (C=O) groups is 1. The Morgan fingerprint density at radius 2 is 2.17 bits per heavy atom. The molecule has 0 amide bonds. The quantitative estimate of drug-likeness (QED) is 0.650. The van der Waals surface area contributed by atoms with Crippen LogP contribution in [0.5, 0.6) is 0 Å². The number of halogens is 1. The van der Waals surface area contributed by atoms with Crippen molar-refractivity contribution in [3.63, 3.8) is 0 Å². The summed E-state index contributed by atoms with van der Waals surface area (Å²) in [5.41, 5.74) is 4.87. The monoisotopic (exact) mass is 191 g/mol. The average Bonchev–Trinajstić information content (AvgIpc) is 2.29. The Labute approximate surface area is 77.7 Å². The minimum atomic E-state index is -0.860. The number of carboxylic acids is 1. The van der Waals surface area contributed by atoms with Crippen LogP contribution in [0.25, 0.3) is 0 Å². The molecule has 0 aromatic heterocycles. The highest BCUT2D eigenvalue weighted by molar-refractivity contribution is 5.85. The molecule has 70 valence electrons. The maximum absolute atomic E-state index is 10.7. The smallest absolute Gasteiger partial charge is 0.323 e. The summed E-state index contributed by atoms with van der Waals surface area (Å²) in [6, 6.07) is 0. The summed E-state index contributed by atoms with van der Waals surface area (Å²) in [5.74, 6) is 0.0942. The normalized spacial score (nSPS) is 44.1. The molecule has 4 heteroatoms. The molecule has 2 fully saturated rings. The van der Waals surface area contributed by atoms with E-state index in [4.69, 9.17) is 10.8 Å². The first kappa shape index (κ1) is 9.81. The molecule has 3 N–H and O–H groups in total. The largest absolute Gasteiger partial charge is 0.480 e. The van der Waals surface area contributed by atoms with Gasteiger partial charge in [0.2, 0.25) is 0 Å². The zero-order valence-electron chi connectivity index (χ0n) is 6.82. The lowest BCUT2D eigenvalue weighted by Crippen LogP contribution is -2.63. The van der Waals surface area contributed by atoms with E-state index in [1.54, 1.807) is 0 Å². The molecule has 0 heterocycles. The third-order valence-electron chi connectivity index (χ3n) is 3.32. The van der Waals surface area contributed by atoms with Crippen molar-refractivity contribution < 1.29 is 9.90 Å². The van der Waals surface area contributed by atoms with E-state index in [-0.39, 0.29) is 18.3 Å². The second-order valence-electron chi connectivity index (χ2n) is 3.85. The zero-order valence-corrected chi connectivity index (χ0v) is 7.64. The van der Waals surface area contributed by atoms with Gasteiger partial charge in [0.05, 0.1) is 0 Å². The lowest BCUT2D eigenvalue weighted by atomic mass is 9.61. The molecule has 0 aliphatic heterocycles. The van der Waals surface area contributed by atoms with Gasteiger partial charge in [-0.25, -0.2) is 0 Å². The second kappa shape index (κ2) is 2.89. The maximum Gasteiger partial charge on any atom is 0.323 e. The van der Waals surface area contributed by atoms with Gasteiger partial charge in [-0.3, -0.25) is 4.79 Å². The zero-order chi connectivity index (χ0) is 8.06. The highest BCUT2D eigenvalue weighted by Crippen LogP contribution is 2.52. The van der Waals surface area contributed by atoms with Crippen LogP contribution in [-0.4, -0.2) is 16.6 Å². The van der Waals surface area contributed by atoms with E-state index in [1.807, 2.05) is 0 Å². The van der Waals surface area contributed by atoms with Crippen LogP contribution in [0.2, 0.25) is 0 Å². The molecule has 12 heavy (non-hydrogen) atoms. The number of carboxylic acid groups (broad SMARTS) is 1. The van der Waals surface area contributed by atoms with Crippen LogP contribution in [0, 0.1) is 11.8 Å². The van der Waals surface area contributed by atoms with Crippen molar-refractivity contribution in [1.29, 1.82) is 0 Å². The fourth-order valence-electron chi connectivity index (χ4n) is 2.63. The fraction of sp³-hybridized carbons (Fsp3) is 0.875. The first-order chi connectivity index (χ1) is 5.14. The van der Waals surface area contributed by atoms with Crippen LogP contribution in [0.15, 0.2) is 0 Å². The molecule has 0 saturated heterocycles. The van der Waals surface area contributed by atoms with Gasteiger partial charge in [-0.05, 0) is 24.7 Å². The summed E-state index contributed by atoms with van der Waals surface area (Å²) in [5, 5.41) is 8.81. The van der Waals surface area contributed by atoms with Gasteiger partial charge in [-0.2, -0.15) is 0 Å². The van der Waals surface area contributed by atoms with Crippen molar-refractivity contribution in [3.8, 4) is 0 Å². The number of aliphatic carboxylic acids is 1. The summed E-state index contributed by atoms with van der Waals surface area (Å²) >= 11 is 0. The van der Waals surface area contributed by atoms with E-state index in [1.165, 1.54) is 12.8 Å². The van der Waals surface area contributed by atoms with Crippen LogP contribution < -0.4 is 5.73 Å². The van der Waals surface area contributed by atoms with Gasteiger partial charge >= 0.3 is 5.97 Å². The minimum absolute atomic E-state index is 0. The number of nitrogens with two attached hydrogens (primary N) is 1. The predicted molar refractivity (Wildman–Crippen MR) is 47.3 cm³/mol. The summed E-state index contributed by atoms with van der Waals surface area (Å²) in [6.45, 7) is 0. The lowest BCUT2D eigenvalue weighted by Gasteiger charge is -2.46. The van der Waals surface area contributed by atoms with Gasteiger partial charge in [0, 0.05) is 0 Å². The van der Waals surface area contributed by atoms with Crippen molar-refractivity contribution in [1.82, 2.24) is 0 Å². The Morgan fingerprint density at radius 3 is 2.67 bits per heavy atom. The number of hydrogen-bond acceptors (Lipinski definition) is 2. The van der Waals surface area contributed by atoms with Gasteiger partial charge in [0.15, 0.2) is 0 Å². The first-order valence-corrected chi connectivity index (χ1v) is 4.17. The second-order valence-corrected chi connectivity index (χ2v) is 3.85. The fourth-order valence-corrected chi connectivity index (χ4v) is 2.63. The highest BCUT2D eigenvalue weighted by atomic mass is 35.5. The number of fused-ring (bicyclic) bond motifs is 1. The minimum Gasteiger partial charge on any atom is -0.480 e. The van der Waals surface area contributed by atoms with Crippen molar-refractivity contribution >= 4 is 18.4 Å². The van der Waals surface area contributed by atoms with E-state index >= 15 is 0 Å².